The van der Waals surface area contributed by atoms with Crippen LogP contribution in [0.5, 0.6) is 0 Å². The standard InChI is InChI=1S/C14H14BrN3O/c1-2-18-13(11(15)8-17-18)14(19)10-3-4-12-9(7-10)5-6-16-12/h3-4,7-8,16H,2,5-6H2,1H3. The highest BCUT2D eigenvalue weighted by Crippen LogP contribution is 2.26. The minimum Gasteiger partial charge on any atom is -0.384 e. The summed E-state index contributed by atoms with van der Waals surface area (Å²) in [4.78, 5) is 12.6. The minimum absolute atomic E-state index is 0.0147. The van der Waals surface area contributed by atoms with Crippen LogP contribution >= 0.6 is 15.9 Å². The van der Waals surface area contributed by atoms with Crippen LogP contribution < -0.4 is 5.32 Å². The number of ketones is 1. The Bertz CT molecular complexity index is 648. The maximum Gasteiger partial charge on any atom is 0.212 e. The Kier molecular flexibility index (Phi) is 3.14. The summed E-state index contributed by atoms with van der Waals surface area (Å²) in [7, 11) is 0. The number of anilines is 1. The van der Waals surface area contributed by atoms with E-state index in [4.69, 9.17) is 0 Å². The van der Waals surface area contributed by atoms with Gasteiger partial charge in [-0.3, -0.25) is 9.48 Å². The van der Waals surface area contributed by atoms with Gasteiger partial charge in [-0.15, -0.1) is 0 Å². The van der Waals surface area contributed by atoms with E-state index in [-0.39, 0.29) is 5.78 Å². The molecule has 1 aromatic heterocycles. The largest absolute Gasteiger partial charge is 0.384 e. The van der Waals surface area contributed by atoms with E-state index in [1.807, 2.05) is 25.1 Å². The zero-order chi connectivity index (χ0) is 13.4. The van der Waals surface area contributed by atoms with Gasteiger partial charge in [-0.1, -0.05) is 0 Å². The molecule has 4 nitrogen and oxygen atoms in total. The van der Waals surface area contributed by atoms with Crippen molar-refractivity contribution >= 4 is 27.4 Å². The molecule has 19 heavy (non-hydrogen) atoms. The molecule has 2 heterocycles. The van der Waals surface area contributed by atoms with Gasteiger partial charge in [0.2, 0.25) is 5.78 Å². The molecular formula is C14H14BrN3O. The van der Waals surface area contributed by atoms with Crippen molar-refractivity contribution in [1.29, 1.82) is 0 Å². The van der Waals surface area contributed by atoms with Crippen LogP contribution in [0.25, 0.3) is 0 Å². The van der Waals surface area contributed by atoms with Crippen molar-refractivity contribution in [2.75, 3.05) is 11.9 Å². The van der Waals surface area contributed by atoms with E-state index in [1.54, 1.807) is 10.9 Å². The molecule has 0 aliphatic carbocycles. The molecule has 0 amide bonds. The molecule has 3 rings (SSSR count). The van der Waals surface area contributed by atoms with E-state index in [0.717, 1.165) is 28.7 Å². The first kappa shape index (κ1) is 12.4. The van der Waals surface area contributed by atoms with Crippen molar-refractivity contribution < 1.29 is 4.79 Å². The van der Waals surface area contributed by atoms with Crippen molar-refractivity contribution in [3.8, 4) is 0 Å². The fraction of sp³-hybridized carbons (Fsp3) is 0.286. The number of hydrogen-bond acceptors (Lipinski definition) is 3. The lowest BCUT2D eigenvalue weighted by atomic mass is 10.0. The van der Waals surface area contributed by atoms with Gasteiger partial charge in [0.15, 0.2) is 0 Å². The average Bonchev–Trinajstić information content (AvgIpc) is 3.02. The number of fused-ring (bicyclic) bond motifs is 1. The van der Waals surface area contributed by atoms with Crippen LogP contribution in [-0.2, 0) is 13.0 Å². The second kappa shape index (κ2) is 4.81. The molecule has 1 aliphatic rings. The number of nitrogens with one attached hydrogen (secondary N) is 1. The summed E-state index contributed by atoms with van der Waals surface area (Å²) in [5, 5.41) is 7.49. The molecule has 0 bridgehead atoms. The van der Waals surface area contributed by atoms with Crippen LogP contribution in [0.15, 0.2) is 28.9 Å². The van der Waals surface area contributed by atoms with E-state index in [9.17, 15) is 4.79 Å². The topological polar surface area (TPSA) is 46.9 Å². The summed E-state index contributed by atoms with van der Waals surface area (Å²) in [6.45, 7) is 3.60. The Balaban J connectivity index is 2.02. The average molecular weight is 320 g/mol. The zero-order valence-electron chi connectivity index (χ0n) is 10.6. The Morgan fingerprint density at radius 3 is 3.16 bits per heavy atom. The number of hydrogen-bond donors (Lipinski definition) is 1. The Morgan fingerprint density at radius 2 is 2.37 bits per heavy atom. The summed E-state index contributed by atoms with van der Waals surface area (Å²) in [5.74, 6) is 0.0147. The van der Waals surface area contributed by atoms with Gasteiger partial charge in [0, 0.05) is 24.3 Å². The maximum atomic E-state index is 12.6. The number of carbonyl (C=O) groups is 1. The lowest BCUT2D eigenvalue weighted by Gasteiger charge is -2.07. The predicted octanol–water partition coefficient (Wildman–Crippen LogP) is 2.86. The molecule has 0 radical (unpaired) electrons. The van der Waals surface area contributed by atoms with Gasteiger partial charge in [0.25, 0.3) is 0 Å². The van der Waals surface area contributed by atoms with Crippen LogP contribution in [0.1, 0.15) is 28.5 Å². The highest BCUT2D eigenvalue weighted by atomic mass is 79.9. The van der Waals surface area contributed by atoms with E-state index in [2.05, 4.69) is 26.3 Å². The van der Waals surface area contributed by atoms with Gasteiger partial charge >= 0.3 is 0 Å². The van der Waals surface area contributed by atoms with Gasteiger partial charge in [0.05, 0.1) is 10.7 Å². The molecule has 1 aromatic carbocycles. The zero-order valence-corrected chi connectivity index (χ0v) is 12.2. The number of rotatable bonds is 3. The number of nitrogens with zero attached hydrogens (tertiary/aromatic N) is 2. The first-order valence-corrected chi connectivity index (χ1v) is 7.13. The number of aromatic nitrogens is 2. The molecule has 0 saturated carbocycles. The molecule has 0 spiro atoms. The quantitative estimate of drug-likeness (QED) is 0.885. The van der Waals surface area contributed by atoms with Crippen molar-refractivity contribution in [3.05, 3.63) is 45.7 Å². The monoisotopic (exact) mass is 319 g/mol. The first-order chi connectivity index (χ1) is 9.20. The third kappa shape index (κ3) is 2.08. The van der Waals surface area contributed by atoms with Gasteiger partial charge in [-0.25, -0.2) is 0 Å². The second-order valence-corrected chi connectivity index (χ2v) is 5.39. The molecule has 5 heteroatoms. The molecule has 1 aliphatic heterocycles. The van der Waals surface area contributed by atoms with E-state index in [1.165, 1.54) is 5.56 Å². The summed E-state index contributed by atoms with van der Waals surface area (Å²) in [6.07, 6.45) is 2.65. The minimum atomic E-state index is 0.0147. The van der Waals surface area contributed by atoms with Crippen LogP contribution in [0, 0.1) is 0 Å². The van der Waals surface area contributed by atoms with Crippen molar-refractivity contribution in [3.63, 3.8) is 0 Å². The fourth-order valence-corrected chi connectivity index (χ4v) is 2.89. The number of aryl methyl sites for hydroxylation is 1. The van der Waals surface area contributed by atoms with Crippen molar-refractivity contribution in [2.45, 2.75) is 19.9 Å². The van der Waals surface area contributed by atoms with Gasteiger partial charge < -0.3 is 5.32 Å². The SMILES string of the molecule is CCn1ncc(Br)c1C(=O)c1ccc2c(c1)CCN2. The molecule has 98 valence electrons. The van der Waals surface area contributed by atoms with E-state index < -0.39 is 0 Å². The molecule has 1 N–H and O–H groups in total. The van der Waals surface area contributed by atoms with Gasteiger partial charge in [-0.2, -0.15) is 5.10 Å². The maximum absolute atomic E-state index is 12.6. The first-order valence-electron chi connectivity index (χ1n) is 6.33. The highest BCUT2D eigenvalue weighted by molar-refractivity contribution is 9.10. The number of halogens is 1. The summed E-state index contributed by atoms with van der Waals surface area (Å²) >= 11 is 3.40. The van der Waals surface area contributed by atoms with E-state index >= 15 is 0 Å². The Labute approximate surface area is 119 Å². The summed E-state index contributed by atoms with van der Waals surface area (Å²) in [5.41, 5.74) is 3.69. The molecule has 2 aromatic rings. The van der Waals surface area contributed by atoms with Crippen LogP contribution in [0.2, 0.25) is 0 Å². The number of carbonyl (C=O) groups excluding carboxylic acids is 1. The van der Waals surface area contributed by atoms with Gasteiger partial charge in [-0.05, 0) is 53.0 Å². The Morgan fingerprint density at radius 1 is 1.53 bits per heavy atom. The normalized spacial score (nSPS) is 13.2. The molecule has 0 fully saturated rings. The molecule has 0 saturated heterocycles. The summed E-state index contributed by atoms with van der Waals surface area (Å²) in [6, 6.07) is 5.84. The Hall–Kier alpha value is -1.62. The lowest BCUT2D eigenvalue weighted by Crippen LogP contribution is -2.11. The third-order valence-electron chi connectivity index (χ3n) is 3.39. The van der Waals surface area contributed by atoms with Crippen LogP contribution in [0.4, 0.5) is 5.69 Å². The van der Waals surface area contributed by atoms with Crippen molar-refractivity contribution in [1.82, 2.24) is 9.78 Å². The van der Waals surface area contributed by atoms with Crippen molar-refractivity contribution in [2.24, 2.45) is 0 Å². The molecule has 0 atom stereocenters. The smallest absolute Gasteiger partial charge is 0.212 e. The predicted molar refractivity (Wildman–Crippen MR) is 77.7 cm³/mol. The number of benzene rings is 1. The second-order valence-electron chi connectivity index (χ2n) is 4.53. The fourth-order valence-electron chi connectivity index (χ4n) is 2.41. The van der Waals surface area contributed by atoms with Crippen LogP contribution in [0.3, 0.4) is 0 Å². The van der Waals surface area contributed by atoms with Gasteiger partial charge in [0.1, 0.15) is 5.69 Å². The highest BCUT2D eigenvalue weighted by Gasteiger charge is 2.20. The third-order valence-corrected chi connectivity index (χ3v) is 3.97. The lowest BCUT2D eigenvalue weighted by molar-refractivity contribution is 0.102. The van der Waals surface area contributed by atoms with Crippen LogP contribution in [-0.4, -0.2) is 22.1 Å². The molecular weight excluding hydrogens is 306 g/mol. The summed E-state index contributed by atoms with van der Waals surface area (Å²) < 4.78 is 2.47. The molecule has 0 unspecified atom stereocenters. The van der Waals surface area contributed by atoms with E-state index in [0.29, 0.717) is 12.2 Å².